The van der Waals surface area contributed by atoms with Gasteiger partial charge in [-0.15, -0.1) is 31.7 Å². The number of nitrogens with two attached hydrogens (primary N) is 1. The van der Waals surface area contributed by atoms with Crippen molar-refractivity contribution in [1.29, 1.82) is 0 Å². The molecule has 0 saturated carbocycles. The first-order valence-electron chi connectivity index (χ1n) is 47.7. The molecule has 3 aliphatic heterocycles. The molecule has 17 rings (SSSR count). The molecule has 3 fully saturated rings. The molecule has 712 valence electrons. The molecule has 134 heavy (non-hydrogen) atoms. The van der Waals surface area contributed by atoms with Gasteiger partial charge in [0.05, 0.1) is 22.3 Å². The van der Waals surface area contributed by atoms with Crippen LogP contribution in [0.1, 0.15) is 275 Å². The van der Waals surface area contributed by atoms with Gasteiger partial charge in [0.25, 0.3) is 0 Å². The van der Waals surface area contributed by atoms with Gasteiger partial charge in [-0.3, -0.25) is 14.7 Å². The molecule has 3 saturated heterocycles. The molecule has 25 heteroatoms. The van der Waals surface area contributed by atoms with E-state index in [0.717, 1.165) is 157 Å². The van der Waals surface area contributed by atoms with Crippen molar-refractivity contribution in [1.82, 2.24) is 80.7 Å². The Morgan fingerprint density at radius 1 is 0.425 bits per heavy atom. The Kier molecular flexibility index (Phi) is 44.8. The average molecular weight is 1850 g/mol. The van der Waals surface area contributed by atoms with E-state index in [0.29, 0.717) is 72.1 Å². The van der Waals surface area contributed by atoms with E-state index >= 15 is 0 Å². The third-order valence-corrected chi connectivity index (χ3v) is 24.9. The van der Waals surface area contributed by atoms with Gasteiger partial charge in [-0.2, -0.15) is 0 Å². The lowest BCUT2D eigenvalue weighted by atomic mass is 9.96. The van der Waals surface area contributed by atoms with Gasteiger partial charge >= 0.3 is 0 Å². The molecule has 11 heterocycles. The highest BCUT2D eigenvalue weighted by Crippen LogP contribution is 2.34. The zero-order chi connectivity index (χ0) is 96.3. The van der Waals surface area contributed by atoms with Crippen LogP contribution in [0.2, 0.25) is 0 Å². The van der Waals surface area contributed by atoms with Crippen molar-refractivity contribution in [2.45, 2.75) is 217 Å². The molecule has 6 aromatic carbocycles. The van der Waals surface area contributed by atoms with Gasteiger partial charge in [0.2, 0.25) is 11.8 Å². The molecular formula is C109H145N19O4S2. The van der Waals surface area contributed by atoms with Gasteiger partial charge < -0.3 is 44.3 Å². The Morgan fingerprint density at radius 2 is 0.933 bits per heavy atom. The van der Waals surface area contributed by atoms with Gasteiger partial charge in [-0.05, 0) is 137 Å². The topological polar surface area (TPSA) is 274 Å². The quantitative estimate of drug-likeness (QED) is 0.0502. The molecule has 0 aliphatic carbocycles. The fraction of sp³-hybridized carbons (Fsp3) is 0.422. The fourth-order valence-corrected chi connectivity index (χ4v) is 15.7. The summed E-state index contributed by atoms with van der Waals surface area (Å²) in [6.07, 6.45) is 18.3. The summed E-state index contributed by atoms with van der Waals surface area (Å²) in [6, 6.07) is 59.8. The molecule has 23 nitrogen and oxygen atoms in total. The maximum absolute atomic E-state index is 11.8. The highest BCUT2D eigenvalue weighted by Gasteiger charge is 2.20. The highest BCUT2D eigenvalue weighted by molar-refractivity contribution is 7.15. The van der Waals surface area contributed by atoms with E-state index in [1.54, 1.807) is 47.5 Å². The van der Waals surface area contributed by atoms with E-state index in [9.17, 15) is 4.79 Å². The van der Waals surface area contributed by atoms with E-state index < -0.39 is 0 Å². The summed E-state index contributed by atoms with van der Waals surface area (Å²) in [6.45, 7) is 55.6. The largest absolute Gasteiger partial charge is 0.444 e. The Hall–Kier alpha value is -11.6. The number of likely N-dealkylation sites (N-methyl/N-ethyl adjacent to an activating group) is 1. The summed E-state index contributed by atoms with van der Waals surface area (Å²) < 4.78 is 16.2. The van der Waals surface area contributed by atoms with Crippen molar-refractivity contribution in [3.8, 4) is 55.1 Å². The number of carbonyl (C=O) groups excluding carboxylic acids is 1. The van der Waals surface area contributed by atoms with Gasteiger partial charge in [0.1, 0.15) is 33.3 Å². The zero-order valence-corrected chi connectivity index (χ0v) is 84.5. The van der Waals surface area contributed by atoms with Crippen LogP contribution in [-0.4, -0.2) is 161 Å². The molecule has 3 aliphatic rings. The SMILES string of the molecule is CC(C)c1cc(-c2cnco2)cc(-c2cnco2)c1.CC(C)c1cccc(CN)c1.CC(C)c1cccc(CN2CCNCC2)c1.CC(C)c1ncc(-c2ccccc2)s1.CC(C)c1nccc(N2CCN(C)CC2)n1.CC(C)c1nccc(N2CCNCC2)n1.CC(C)c1nnc(-c2ccccc2)o1.CC(C)c1nnc(-c2ccncc2)s1.CCCCC(=O)c1cccc(C(C)C)c1. The Labute approximate surface area is 805 Å². The summed E-state index contributed by atoms with van der Waals surface area (Å²) in [4.78, 5) is 56.6. The van der Waals surface area contributed by atoms with Crippen LogP contribution in [0.4, 0.5) is 11.6 Å². The van der Waals surface area contributed by atoms with Crippen LogP contribution >= 0.6 is 22.7 Å². The molecule has 8 aromatic heterocycles. The average Bonchev–Trinajstić information content (AvgIpc) is 1.54. The minimum Gasteiger partial charge on any atom is -0.444 e. The van der Waals surface area contributed by atoms with Crippen molar-refractivity contribution in [3.05, 3.63) is 299 Å². The smallest absolute Gasteiger partial charge is 0.247 e. The van der Waals surface area contributed by atoms with Crippen molar-refractivity contribution in [2.75, 3.05) is 95.4 Å². The summed E-state index contributed by atoms with van der Waals surface area (Å²) in [7, 11) is 2.16. The number of carbonyl (C=O) groups is 1. The number of Topliss-reactive ketones (excluding diaryl/α,β-unsaturated/α-hetero) is 1. The van der Waals surface area contributed by atoms with Crippen molar-refractivity contribution in [2.24, 2.45) is 5.73 Å². The Morgan fingerprint density at radius 3 is 1.41 bits per heavy atom. The van der Waals surface area contributed by atoms with E-state index in [4.69, 9.17) is 19.0 Å². The molecule has 0 amide bonds. The predicted molar refractivity (Wildman–Crippen MR) is 553 cm³/mol. The number of aromatic nitrogens is 12. The summed E-state index contributed by atoms with van der Waals surface area (Å²) in [5.41, 5.74) is 19.7. The van der Waals surface area contributed by atoms with Crippen LogP contribution in [0.5, 0.6) is 0 Å². The van der Waals surface area contributed by atoms with Crippen LogP contribution in [0, 0.1) is 0 Å². The number of hydrogen-bond acceptors (Lipinski definition) is 25. The Balaban J connectivity index is 0.000000170. The fourth-order valence-electron chi connectivity index (χ4n) is 13.9. The number of nitrogens with zero attached hydrogens (tertiary/aromatic N) is 16. The van der Waals surface area contributed by atoms with Gasteiger partial charge in [0, 0.05) is 186 Å². The Bertz CT molecular complexity index is 5340. The third-order valence-electron chi connectivity index (χ3n) is 22.3. The van der Waals surface area contributed by atoms with Gasteiger partial charge in [-0.25, -0.2) is 34.9 Å². The number of rotatable bonds is 23. The van der Waals surface area contributed by atoms with E-state index in [1.807, 2.05) is 117 Å². The lowest BCUT2D eigenvalue weighted by Gasteiger charge is -2.33. The number of nitrogens with one attached hydrogen (secondary N) is 2. The second kappa shape index (κ2) is 56.6. The van der Waals surface area contributed by atoms with Crippen LogP contribution in [0.3, 0.4) is 0 Å². The van der Waals surface area contributed by atoms with Crippen molar-refractivity contribution >= 4 is 40.1 Å². The molecule has 0 spiro atoms. The number of unbranched alkanes of at least 4 members (excludes halogenated alkanes) is 1. The van der Waals surface area contributed by atoms with Gasteiger partial charge in [0.15, 0.2) is 30.1 Å². The van der Waals surface area contributed by atoms with E-state index in [1.165, 1.54) is 74.7 Å². The molecular weight excluding hydrogens is 1700 g/mol. The minimum absolute atomic E-state index is 0.277. The number of pyridine rings is 1. The van der Waals surface area contributed by atoms with Crippen molar-refractivity contribution < 1.29 is 18.0 Å². The number of hydrogen-bond donors (Lipinski definition) is 3. The maximum atomic E-state index is 11.8. The standard InChI is InChI=1S/C15H14N2O2.C14H22N2.C14H20O.C12H20N4.C12H13NS.C11H18N4.C11H12N2O.C10H11N3S.C10H15N/c1-10(2)11-3-12(14-6-16-8-18-14)5-13(4-11)15-7-17-9-19-15;1-12(2)14-5-3-4-13(10-14)11-16-8-6-15-7-9-16;1-4-5-9-14(15)13-8-6-7-12(10-13)11(2)3;1-10(2)12-13-5-4-11(14-12)16-8-6-15(3)7-9-16;1-9(2)12-13-8-11(14-12)10-6-4-3-5-7-10;1-9(2)11-13-4-3-10(14-11)15-7-5-12-6-8-15;1-8(2)10-12-13-11(14-10)9-6-4-3-5-7-9;1-7(2)9-12-13-10(14-9)8-3-5-11-6-4-8;1-8(2)10-5-3-4-9(6-10)7-11/h3-10H,1-2H3;3-5,10,12,15H,6-9,11H2,1-2H3;6-8,10-11H,4-5,9H2,1-3H3;4-5,10H,6-9H2,1-3H3;3-9H,1-2H3;3-4,9,12H,5-8H2,1-2H3;3-8H,1-2H3;3-7H,1-2H3;3-6,8H,7,11H2,1-2H3. The summed E-state index contributed by atoms with van der Waals surface area (Å²) in [5.74, 6) is 11.3. The number of oxazole rings is 2. The second-order valence-electron chi connectivity index (χ2n) is 36.3. The minimum atomic E-state index is 0.277. The van der Waals surface area contributed by atoms with Crippen LogP contribution < -0.4 is 26.2 Å². The first kappa shape index (κ1) is 106. The summed E-state index contributed by atoms with van der Waals surface area (Å²) in [5, 5.41) is 26.2. The number of thiazole rings is 1. The van der Waals surface area contributed by atoms with Gasteiger partial charge in [-0.1, -0.05) is 265 Å². The molecule has 0 atom stereocenters. The van der Waals surface area contributed by atoms with E-state index in [2.05, 4.69) is 306 Å². The number of anilines is 2. The first-order chi connectivity index (χ1) is 64.6. The maximum Gasteiger partial charge on any atom is 0.247 e. The van der Waals surface area contributed by atoms with Crippen molar-refractivity contribution in [3.63, 3.8) is 0 Å². The molecule has 0 unspecified atom stereocenters. The predicted octanol–water partition coefficient (Wildman–Crippen LogP) is 24.7. The first-order valence-corrected chi connectivity index (χ1v) is 49.3. The summed E-state index contributed by atoms with van der Waals surface area (Å²) >= 11 is 3.43. The number of piperazine rings is 3. The molecule has 0 radical (unpaired) electrons. The molecule has 4 N–H and O–H groups in total. The number of benzene rings is 6. The lowest BCUT2D eigenvalue weighted by molar-refractivity contribution is 0.0979. The second-order valence-corrected chi connectivity index (χ2v) is 38.4. The van der Waals surface area contributed by atoms with Crippen LogP contribution in [0.15, 0.2) is 245 Å². The van der Waals surface area contributed by atoms with E-state index in [-0.39, 0.29) is 11.7 Å². The zero-order valence-electron chi connectivity index (χ0n) is 82.8. The monoisotopic (exact) mass is 1850 g/mol. The third kappa shape index (κ3) is 35.7. The molecule has 14 aromatic rings. The highest BCUT2D eigenvalue weighted by atomic mass is 32.1. The molecule has 0 bridgehead atoms. The van der Waals surface area contributed by atoms with Crippen LogP contribution in [0.25, 0.3) is 55.1 Å². The number of ketones is 1. The van der Waals surface area contributed by atoms with Crippen LogP contribution in [-0.2, 0) is 13.1 Å². The lowest BCUT2D eigenvalue weighted by Crippen LogP contribution is -2.44. The normalized spacial score (nSPS) is 13.2.